The predicted octanol–water partition coefficient (Wildman–Crippen LogP) is 2.41. The van der Waals surface area contributed by atoms with Gasteiger partial charge < -0.3 is 8.85 Å². The number of rotatable bonds is 7. The van der Waals surface area contributed by atoms with Crippen LogP contribution in [0.5, 0.6) is 0 Å². The molecule has 0 aliphatic heterocycles. The molecule has 0 bridgehead atoms. The van der Waals surface area contributed by atoms with E-state index in [1.807, 2.05) is 25.6 Å². The van der Waals surface area contributed by atoms with E-state index >= 15 is 0 Å². The molecule has 2 nitrogen and oxygen atoms in total. The second-order valence-corrected chi connectivity index (χ2v) is 5.39. The van der Waals surface area contributed by atoms with Crippen molar-refractivity contribution in [1.29, 1.82) is 0 Å². The average molecular weight is 186 g/mol. The van der Waals surface area contributed by atoms with Crippen molar-refractivity contribution in [3.8, 4) is 0 Å². The summed E-state index contributed by atoms with van der Waals surface area (Å²) in [6.45, 7) is 12.7. The van der Waals surface area contributed by atoms with Crippen molar-refractivity contribution >= 4 is 8.56 Å². The molecule has 0 unspecified atom stereocenters. The van der Waals surface area contributed by atoms with Crippen LogP contribution in [0.3, 0.4) is 0 Å². The Labute approximate surface area is 76.1 Å². The van der Waals surface area contributed by atoms with E-state index in [0.29, 0.717) is 13.2 Å². The van der Waals surface area contributed by atoms with Gasteiger partial charge in [0.2, 0.25) is 0 Å². The number of allylic oxidation sites excluding steroid dienone is 1. The number of hydrogen-bond donors (Lipinski definition) is 0. The zero-order chi connectivity index (χ0) is 9.45. The lowest BCUT2D eigenvalue weighted by Crippen LogP contribution is -2.39. The molecule has 0 aliphatic carbocycles. The molecule has 0 aromatic rings. The van der Waals surface area contributed by atoms with Crippen molar-refractivity contribution in [1.82, 2.24) is 0 Å². The maximum atomic E-state index is 5.59. The van der Waals surface area contributed by atoms with Crippen molar-refractivity contribution in [2.45, 2.75) is 19.9 Å². The maximum Gasteiger partial charge on any atom is 0.368 e. The van der Waals surface area contributed by atoms with E-state index in [1.54, 1.807) is 0 Å². The summed E-state index contributed by atoms with van der Waals surface area (Å²) in [5.41, 5.74) is 1.82. The second-order valence-electron chi connectivity index (χ2n) is 2.37. The van der Waals surface area contributed by atoms with Crippen molar-refractivity contribution in [2.75, 3.05) is 13.2 Å². The summed E-state index contributed by atoms with van der Waals surface area (Å²) >= 11 is 0. The van der Waals surface area contributed by atoms with Crippen LogP contribution in [0.4, 0.5) is 0 Å². The Hall–Kier alpha value is -0.383. The fourth-order valence-electron chi connectivity index (χ4n) is 1.05. The third kappa shape index (κ3) is 3.34. The minimum Gasteiger partial charge on any atom is -0.391 e. The van der Waals surface area contributed by atoms with E-state index in [2.05, 4.69) is 13.2 Å². The molecule has 0 atom stereocenters. The Morgan fingerprint density at radius 2 is 1.67 bits per heavy atom. The first-order chi connectivity index (χ1) is 5.74. The Morgan fingerprint density at radius 1 is 1.17 bits per heavy atom. The van der Waals surface area contributed by atoms with Gasteiger partial charge in [0.15, 0.2) is 0 Å². The molecule has 0 saturated heterocycles. The van der Waals surface area contributed by atoms with Crippen molar-refractivity contribution < 1.29 is 8.85 Å². The summed E-state index contributed by atoms with van der Waals surface area (Å²) in [6, 6.07) is 0.776. The molecule has 70 valence electrons. The van der Waals surface area contributed by atoms with Gasteiger partial charge >= 0.3 is 8.56 Å². The van der Waals surface area contributed by atoms with Gasteiger partial charge in [-0.1, -0.05) is 6.08 Å². The van der Waals surface area contributed by atoms with Gasteiger partial charge in [-0.3, -0.25) is 0 Å². The van der Waals surface area contributed by atoms with E-state index in [9.17, 15) is 0 Å². The third-order valence-corrected chi connectivity index (χ3v) is 4.55. The Balaban J connectivity index is 4.25. The van der Waals surface area contributed by atoms with Crippen LogP contribution in [0.15, 0.2) is 24.9 Å². The lowest BCUT2D eigenvalue weighted by atomic mass is 10.8. The van der Waals surface area contributed by atoms with Gasteiger partial charge in [-0.25, -0.2) is 0 Å². The van der Waals surface area contributed by atoms with E-state index in [-0.39, 0.29) is 0 Å². The molecule has 0 amide bonds. The summed E-state index contributed by atoms with van der Waals surface area (Å²) < 4.78 is 11.2. The molecule has 0 aromatic carbocycles. The predicted molar refractivity (Wildman–Crippen MR) is 54.2 cm³/mol. The molecule has 0 heterocycles. The first-order valence-electron chi connectivity index (χ1n) is 4.27. The highest BCUT2D eigenvalue weighted by Gasteiger charge is 2.31. The van der Waals surface area contributed by atoms with Crippen LogP contribution in [0, 0.1) is 0 Å². The molecule has 0 rings (SSSR count). The monoisotopic (exact) mass is 186 g/mol. The van der Waals surface area contributed by atoms with Crippen LogP contribution in [-0.4, -0.2) is 21.8 Å². The molecule has 0 aromatic heterocycles. The molecule has 3 heteroatoms. The summed E-state index contributed by atoms with van der Waals surface area (Å²) in [5, 5.41) is 0. The zero-order valence-electron chi connectivity index (χ0n) is 8.01. The first kappa shape index (κ1) is 11.6. The first-order valence-corrected chi connectivity index (χ1v) is 6.37. The molecular formula is C9H18O2Si. The summed E-state index contributed by atoms with van der Waals surface area (Å²) in [4.78, 5) is 0. The Bertz CT molecular complexity index is 139. The Kier molecular flexibility index (Phi) is 5.97. The smallest absolute Gasteiger partial charge is 0.368 e. The van der Waals surface area contributed by atoms with Crippen LogP contribution in [0.1, 0.15) is 13.8 Å². The third-order valence-electron chi connectivity index (χ3n) is 1.52. The van der Waals surface area contributed by atoms with Crippen molar-refractivity contribution in [2.24, 2.45) is 0 Å². The standard InChI is InChI=1S/C9H18O2Si/c1-5-9-12(8-4,10-6-2)11-7-3/h5,8H,1,4,6-7,9H2,2-3H3. The van der Waals surface area contributed by atoms with Crippen LogP contribution in [-0.2, 0) is 8.85 Å². The van der Waals surface area contributed by atoms with Gasteiger partial charge in [-0.05, 0) is 19.5 Å². The minimum atomic E-state index is -2.12. The van der Waals surface area contributed by atoms with E-state index in [1.165, 1.54) is 0 Å². The highest BCUT2D eigenvalue weighted by Crippen LogP contribution is 2.15. The SMILES string of the molecule is C=CC[Si](C=C)(OCC)OCC. The largest absolute Gasteiger partial charge is 0.391 e. The topological polar surface area (TPSA) is 18.5 Å². The van der Waals surface area contributed by atoms with Gasteiger partial charge in [-0.2, -0.15) is 0 Å². The van der Waals surface area contributed by atoms with Crippen molar-refractivity contribution in [3.05, 3.63) is 24.9 Å². The molecule has 0 radical (unpaired) electrons. The lowest BCUT2D eigenvalue weighted by molar-refractivity contribution is 0.197. The normalized spacial score (nSPS) is 11.2. The lowest BCUT2D eigenvalue weighted by Gasteiger charge is -2.24. The summed E-state index contributed by atoms with van der Waals surface area (Å²) in [7, 11) is -2.12. The van der Waals surface area contributed by atoms with E-state index in [0.717, 1.165) is 6.04 Å². The Morgan fingerprint density at radius 3 is 1.92 bits per heavy atom. The summed E-state index contributed by atoms with van der Waals surface area (Å²) in [6.07, 6.45) is 1.83. The fraction of sp³-hybridized carbons (Fsp3) is 0.556. The number of hydrogen-bond acceptors (Lipinski definition) is 2. The minimum absolute atomic E-state index is 0.673. The molecule has 0 aliphatic rings. The molecule has 0 fully saturated rings. The van der Waals surface area contributed by atoms with Gasteiger partial charge in [0, 0.05) is 19.3 Å². The van der Waals surface area contributed by atoms with Crippen LogP contribution in [0.2, 0.25) is 6.04 Å². The maximum absolute atomic E-state index is 5.59. The summed E-state index contributed by atoms with van der Waals surface area (Å²) in [5.74, 6) is 0. The van der Waals surface area contributed by atoms with Crippen LogP contribution < -0.4 is 0 Å². The van der Waals surface area contributed by atoms with Gasteiger partial charge in [0.1, 0.15) is 0 Å². The molecule has 0 saturated carbocycles. The molecule has 12 heavy (non-hydrogen) atoms. The van der Waals surface area contributed by atoms with Gasteiger partial charge in [-0.15, -0.1) is 13.2 Å². The highest BCUT2D eigenvalue weighted by atomic mass is 28.4. The highest BCUT2D eigenvalue weighted by molar-refractivity contribution is 6.73. The van der Waals surface area contributed by atoms with Crippen molar-refractivity contribution in [3.63, 3.8) is 0 Å². The van der Waals surface area contributed by atoms with Crippen LogP contribution >= 0.6 is 0 Å². The average Bonchev–Trinajstić information content (AvgIpc) is 2.06. The zero-order valence-corrected chi connectivity index (χ0v) is 9.01. The van der Waals surface area contributed by atoms with Crippen LogP contribution in [0.25, 0.3) is 0 Å². The van der Waals surface area contributed by atoms with Gasteiger partial charge in [0.05, 0.1) is 0 Å². The van der Waals surface area contributed by atoms with Gasteiger partial charge in [0.25, 0.3) is 0 Å². The molecule has 0 spiro atoms. The van der Waals surface area contributed by atoms with E-state index in [4.69, 9.17) is 8.85 Å². The fourth-order valence-corrected chi connectivity index (χ4v) is 3.15. The van der Waals surface area contributed by atoms with E-state index < -0.39 is 8.56 Å². The molecule has 0 N–H and O–H groups in total. The second kappa shape index (κ2) is 6.17. The quantitative estimate of drug-likeness (QED) is 0.449. The molecular weight excluding hydrogens is 168 g/mol.